The monoisotopic (exact) mass is 325 g/mol. The summed E-state index contributed by atoms with van der Waals surface area (Å²) in [4.78, 5) is 25.8. The van der Waals surface area contributed by atoms with Crippen molar-refractivity contribution in [2.75, 3.05) is 6.54 Å². The van der Waals surface area contributed by atoms with Gasteiger partial charge in [-0.15, -0.1) is 11.3 Å². The number of amides is 2. The van der Waals surface area contributed by atoms with Crippen molar-refractivity contribution in [3.8, 4) is 0 Å². The topological polar surface area (TPSA) is 91.3 Å². The molecule has 0 aromatic carbocycles. The van der Waals surface area contributed by atoms with Crippen molar-refractivity contribution in [2.24, 2.45) is 0 Å². The van der Waals surface area contributed by atoms with E-state index in [1.165, 1.54) is 12.3 Å². The molecule has 118 valence electrons. The van der Waals surface area contributed by atoms with Crippen molar-refractivity contribution in [1.29, 1.82) is 0 Å². The Labute approximate surface area is 122 Å². The number of thiazole rings is 1. The minimum Gasteiger partial charge on any atom is -0.476 e. The third-order valence-corrected chi connectivity index (χ3v) is 3.22. The van der Waals surface area contributed by atoms with Gasteiger partial charge >= 0.3 is 18.2 Å². The van der Waals surface area contributed by atoms with Gasteiger partial charge < -0.3 is 15.7 Å². The summed E-state index contributed by atoms with van der Waals surface area (Å²) in [6.45, 7) is 1.41. The van der Waals surface area contributed by atoms with E-state index in [4.69, 9.17) is 5.11 Å². The SMILES string of the molecule is CC(CC(F)(F)F)NC(=O)NCCc1nc(C(=O)O)cs1. The molecule has 3 N–H and O–H groups in total. The van der Waals surface area contributed by atoms with Crippen LogP contribution in [0.3, 0.4) is 0 Å². The van der Waals surface area contributed by atoms with Gasteiger partial charge in [0.15, 0.2) is 5.69 Å². The predicted molar refractivity (Wildman–Crippen MR) is 69.4 cm³/mol. The van der Waals surface area contributed by atoms with E-state index in [0.29, 0.717) is 11.4 Å². The van der Waals surface area contributed by atoms with Gasteiger partial charge in [-0.3, -0.25) is 0 Å². The molecule has 0 saturated carbocycles. The second-order valence-electron chi connectivity index (χ2n) is 4.30. The number of halogens is 3. The standard InChI is InChI=1S/C11H14F3N3O3S/c1-6(4-11(12,13)14)16-10(20)15-3-2-8-17-7(5-21-8)9(18)19/h5-6H,2-4H2,1H3,(H,18,19)(H2,15,16,20). The maximum atomic E-state index is 12.1. The lowest BCUT2D eigenvalue weighted by Gasteiger charge is -2.16. The number of aromatic nitrogens is 1. The number of urea groups is 1. The second-order valence-corrected chi connectivity index (χ2v) is 5.24. The van der Waals surface area contributed by atoms with Crippen LogP contribution >= 0.6 is 11.3 Å². The van der Waals surface area contributed by atoms with Gasteiger partial charge in [-0.1, -0.05) is 0 Å². The molecule has 1 rings (SSSR count). The Hall–Kier alpha value is -1.84. The van der Waals surface area contributed by atoms with Gasteiger partial charge in [-0.25, -0.2) is 14.6 Å². The number of aromatic carboxylic acids is 1. The number of carboxylic acid groups (broad SMARTS) is 1. The maximum Gasteiger partial charge on any atom is 0.391 e. The van der Waals surface area contributed by atoms with Gasteiger partial charge in [0.1, 0.15) is 0 Å². The third-order valence-electron chi connectivity index (χ3n) is 2.31. The summed E-state index contributed by atoms with van der Waals surface area (Å²) in [5.74, 6) is -1.14. The third kappa shape index (κ3) is 6.93. The molecule has 1 unspecified atom stereocenters. The largest absolute Gasteiger partial charge is 0.476 e. The molecule has 0 aliphatic carbocycles. The molecule has 21 heavy (non-hydrogen) atoms. The minimum absolute atomic E-state index is 0.0711. The van der Waals surface area contributed by atoms with Gasteiger partial charge in [0.25, 0.3) is 0 Å². The highest BCUT2D eigenvalue weighted by molar-refractivity contribution is 7.09. The summed E-state index contributed by atoms with van der Waals surface area (Å²) in [7, 11) is 0. The molecule has 0 aliphatic heterocycles. The molecule has 1 heterocycles. The van der Waals surface area contributed by atoms with E-state index < -0.39 is 30.6 Å². The van der Waals surface area contributed by atoms with Gasteiger partial charge in [0, 0.05) is 24.4 Å². The fourth-order valence-electron chi connectivity index (χ4n) is 1.48. The first-order valence-corrected chi connectivity index (χ1v) is 6.84. The van der Waals surface area contributed by atoms with E-state index in [-0.39, 0.29) is 12.2 Å². The Morgan fingerprint density at radius 1 is 1.48 bits per heavy atom. The zero-order valence-electron chi connectivity index (χ0n) is 11.0. The van der Waals surface area contributed by atoms with Crippen LogP contribution in [-0.2, 0) is 6.42 Å². The van der Waals surface area contributed by atoms with Crippen molar-refractivity contribution >= 4 is 23.3 Å². The van der Waals surface area contributed by atoms with E-state index in [9.17, 15) is 22.8 Å². The molecule has 0 bridgehead atoms. The van der Waals surface area contributed by atoms with Gasteiger partial charge in [-0.05, 0) is 6.92 Å². The molecule has 0 fully saturated rings. The predicted octanol–water partition coefficient (Wildman–Crippen LogP) is 2.02. The summed E-state index contributed by atoms with van der Waals surface area (Å²) < 4.78 is 36.2. The molecule has 0 radical (unpaired) electrons. The highest BCUT2D eigenvalue weighted by atomic mass is 32.1. The first kappa shape index (κ1) is 17.2. The first-order valence-electron chi connectivity index (χ1n) is 5.96. The number of hydrogen-bond acceptors (Lipinski definition) is 4. The van der Waals surface area contributed by atoms with Crippen molar-refractivity contribution in [3.63, 3.8) is 0 Å². The Morgan fingerprint density at radius 2 is 2.14 bits per heavy atom. The van der Waals surface area contributed by atoms with Crippen molar-refractivity contribution in [1.82, 2.24) is 15.6 Å². The molecule has 6 nitrogen and oxygen atoms in total. The van der Waals surface area contributed by atoms with E-state index >= 15 is 0 Å². The van der Waals surface area contributed by atoms with Crippen LogP contribution in [0.2, 0.25) is 0 Å². The molecule has 1 aromatic rings. The zero-order valence-corrected chi connectivity index (χ0v) is 11.8. The summed E-state index contributed by atoms with van der Waals surface area (Å²) in [5.41, 5.74) is -0.0711. The lowest BCUT2D eigenvalue weighted by molar-refractivity contribution is -0.138. The highest BCUT2D eigenvalue weighted by Crippen LogP contribution is 2.21. The van der Waals surface area contributed by atoms with Crippen LogP contribution in [0.1, 0.15) is 28.8 Å². The number of carbonyl (C=O) groups excluding carboxylic acids is 1. The summed E-state index contributed by atoms with van der Waals surface area (Å²) in [6.07, 6.45) is -5.13. The summed E-state index contributed by atoms with van der Waals surface area (Å²) in [6, 6.07) is -1.73. The number of alkyl halides is 3. The molecule has 1 atom stereocenters. The summed E-state index contributed by atoms with van der Waals surface area (Å²) in [5, 5.41) is 15.1. The lowest BCUT2D eigenvalue weighted by Crippen LogP contribution is -2.43. The molecule has 0 saturated heterocycles. The van der Waals surface area contributed by atoms with Gasteiger partial charge in [-0.2, -0.15) is 13.2 Å². The molecule has 2 amide bonds. The first-order chi connectivity index (χ1) is 9.67. The van der Waals surface area contributed by atoms with E-state index in [1.54, 1.807) is 0 Å². The van der Waals surface area contributed by atoms with Gasteiger partial charge in [0.2, 0.25) is 0 Å². The van der Waals surface area contributed by atoms with Crippen molar-refractivity contribution in [3.05, 3.63) is 16.1 Å². The molecule has 0 aliphatic rings. The molecule has 0 spiro atoms. The number of hydrogen-bond donors (Lipinski definition) is 3. The van der Waals surface area contributed by atoms with Crippen LogP contribution in [-0.4, -0.2) is 40.9 Å². The van der Waals surface area contributed by atoms with Crippen LogP contribution in [0.5, 0.6) is 0 Å². The van der Waals surface area contributed by atoms with Crippen LogP contribution in [0.15, 0.2) is 5.38 Å². The van der Waals surface area contributed by atoms with Crippen molar-refractivity contribution in [2.45, 2.75) is 32.0 Å². The highest BCUT2D eigenvalue weighted by Gasteiger charge is 2.30. The van der Waals surface area contributed by atoms with Crippen LogP contribution < -0.4 is 10.6 Å². The van der Waals surface area contributed by atoms with E-state index in [1.807, 2.05) is 0 Å². The number of nitrogens with zero attached hydrogens (tertiary/aromatic N) is 1. The van der Waals surface area contributed by atoms with Gasteiger partial charge in [0.05, 0.1) is 11.4 Å². The minimum atomic E-state index is -4.33. The quantitative estimate of drug-likeness (QED) is 0.746. The van der Waals surface area contributed by atoms with E-state index in [0.717, 1.165) is 11.3 Å². The molecule has 10 heteroatoms. The number of carbonyl (C=O) groups is 2. The average molecular weight is 325 g/mol. The molecule has 1 aromatic heterocycles. The lowest BCUT2D eigenvalue weighted by atomic mass is 10.2. The number of carboxylic acids is 1. The average Bonchev–Trinajstić information content (AvgIpc) is 2.74. The number of nitrogens with one attached hydrogen (secondary N) is 2. The fraction of sp³-hybridized carbons (Fsp3) is 0.545. The smallest absolute Gasteiger partial charge is 0.391 e. The Kier molecular flexibility index (Phi) is 5.94. The maximum absolute atomic E-state index is 12.1. The van der Waals surface area contributed by atoms with Crippen LogP contribution in [0.4, 0.5) is 18.0 Å². The molecular weight excluding hydrogens is 311 g/mol. The van der Waals surface area contributed by atoms with Crippen molar-refractivity contribution < 1.29 is 27.9 Å². The fourth-order valence-corrected chi connectivity index (χ4v) is 2.25. The Bertz CT molecular complexity index is 504. The van der Waals surface area contributed by atoms with Crippen LogP contribution in [0, 0.1) is 0 Å². The van der Waals surface area contributed by atoms with Crippen LogP contribution in [0.25, 0.3) is 0 Å². The van der Waals surface area contributed by atoms with E-state index in [2.05, 4.69) is 15.6 Å². The Balaban J connectivity index is 2.28. The zero-order chi connectivity index (χ0) is 16.0. The normalized spacial score (nSPS) is 12.8. The Morgan fingerprint density at radius 3 is 2.67 bits per heavy atom. The summed E-state index contributed by atoms with van der Waals surface area (Å²) >= 11 is 1.14. The second kappa shape index (κ2) is 7.25. The molecular formula is C11H14F3N3O3S. The number of rotatable bonds is 6.